The molecule has 0 aliphatic heterocycles. The lowest BCUT2D eigenvalue weighted by molar-refractivity contribution is -0.130. The summed E-state index contributed by atoms with van der Waals surface area (Å²) in [5, 5.41) is 13.9. The van der Waals surface area contributed by atoms with Gasteiger partial charge in [0, 0.05) is 5.41 Å². The lowest BCUT2D eigenvalue weighted by Gasteiger charge is -2.17. The Labute approximate surface area is 127 Å². The van der Waals surface area contributed by atoms with Gasteiger partial charge in [-0.25, -0.2) is 4.79 Å². The van der Waals surface area contributed by atoms with Crippen LogP contribution < -0.4 is 10.6 Å². The first-order valence-electron chi connectivity index (χ1n) is 6.22. The number of halogens is 1. The Kier molecular flexibility index (Phi) is 5.32. The Hall–Kier alpha value is -2.08. The van der Waals surface area contributed by atoms with Crippen LogP contribution in [0.25, 0.3) is 0 Å². The number of anilines is 1. The summed E-state index contributed by atoms with van der Waals surface area (Å²) in [6.07, 6.45) is 0. The number of carboxylic acid groups (broad SMARTS) is 1. The van der Waals surface area contributed by atoms with E-state index in [0.29, 0.717) is 0 Å². The molecule has 0 saturated heterocycles. The molecule has 2 amide bonds. The minimum Gasteiger partial charge on any atom is -0.478 e. The third-order valence-electron chi connectivity index (χ3n) is 2.58. The molecule has 0 spiro atoms. The summed E-state index contributed by atoms with van der Waals surface area (Å²) in [5.41, 5.74) is -0.267. The predicted octanol–water partition coefficient (Wildman–Crippen LogP) is 2.14. The molecule has 1 aromatic rings. The first kappa shape index (κ1) is 17.0. The zero-order valence-corrected chi connectivity index (χ0v) is 12.7. The Morgan fingerprint density at radius 3 is 2.33 bits per heavy atom. The molecule has 0 heterocycles. The van der Waals surface area contributed by atoms with Gasteiger partial charge in [-0.3, -0.25) is 9.59 Å². The van der Waals surface area contributed by atoms with Crippen LogP contribution in [0.4, 0.5) is 5.69 Å². The molecule has 0 unspecified atom stereocenters. The second-order valence-electron chi connectivity index (χ2n) is 5.48. The summed E-state index contributed by atoms with van der Waals surface area (Å²) < 4.78 is 0. The van der Waals surface area contributed by atoms with Crippen molar-refractivity contribution in [1.29, 1.82) is 0 Å². The second kappa shape index (κ2) is 6.58. The summed E-state index contributed by atoms with van der Waals surface area (Å²) in [4.78, 5) is 34.1. The molecule has 0 radical (unpaired) electrons. The molecule has 0 fully saturated rings. The Balaban J connectivity index is 2.64. The smallest absolute Gasteiger partial charge is 0.335 e. The molecule has 6 nitrogen and oxygen atoms in total. The topological polar surface area (TPSA) is 95.5 Å². The molecule has 114 valence electrons. The van der Waals surface area contributed by atoms with Crippen LogP contribution in [0, 0.1) is 5.41 Å². The summed E-state index contributed by atoms with van der Waals surface area (Å²) in [7, 11) is 0. The van der Waals surface area contributed by atoms with Crippen LogP contribution in [0.2, 0.25) is 5.02 Å². The molecule has 0 bridgehead atoms. The molecular formula is C14H17ClN2O4. The van der Waals surface area contributed by atoms with Crippen LogP contribution in [0.3, 0.4) is 0 Å². The van der Waals surface area contributed by atoms with Crippen molar-refractivity contribution in [1.82, 2.24) is 5.32 Å². The Bertz CT molecular complexity index is 579. The lowest BCUT2D eigenvalue weighted by Crippen LogP contribution is -2.39. The number of rotatable bonds is 4. The summed E-state index contributed by atoms with van der Waals surface area (Å²) in [6.45, 7) is 5.03. The number of amides is 2. The molecule has 7 heteroatoms. The number of carbonyl (C=O) groups excluding carboxylic acids is 2. The Morgan fingerprint density at radius 1 is 1.24 bits per heavy atom. The van der Waals surface area contributed by atoms with E-state index >= 15 is 0 Å². The highest BCUT2D eigenvalue weighted by molar-refractivity contribution is 6.34. The third-order valence-corrected chi connectivity index (χ3v) is 2.89. The van der Waals surface area contributed by atoms with E-state index in [-0.39, 0.29) is 28.7 Å². The van der Waals surface area contributed by atoms with Gasteiger partial charge in [0.05, 0.1) is 22.8 Å². The maximum atomic E-state index is 11.7. The van der Waals surface area contributed by atoms with Crippen molar-refractivity contribution in [2.75, 3.05) is 11.9 Å². The van der Waals surface area contributed by atoms with Crippen molar-refractivity contribution in [3.8, 4) is 0 Å². The molecule has 0 aliphatic rings. The van der Waals surface area contributed by atoms with Gasteiger partial charge in [0.2, 0.25) is 11.8 Å². The molecule has 21 heavy (non-hydrogen) atoms. The maximum Gasteiger partial charge on any atom is 0.335 e. The fourth-order valence-electron chi connectivity index (χ4n) is 1.37. The molecule has 0 aliphatic carbocycles. The van der Waals surface area contributed by atoms with E-state index in [0.717, 1.165) is 0 Å². The summed E-state index contributed by atoms with van der Waals surface area (Å²) in [5.74, 6) is -1.80. The molecule has 3 N–H and O–H groups in total. The van der Waals surface area contributed by atoms with Crippen molar-refractivity contribution in [2.45, 2.75) is 20.8 Å². The first-order valence-corrected chi connectivity index (χ1v) is 6.60. The number of aromatic carboxylic acids is 1. The largest absolute Gasteiger partial charge is 0.478 e. The molecule has 0 saturated carbocycles. The number of carboxylic acids is 1. The molecule has 0 atom stereocenters. The number of hydrogen-bond donors (Lipinski definition) is 3. The van der Waals surface area contributed by atoms with E-state index in [9.17, 15) is 14.4 Å². The molecule has 1 rings (SSSR count). The predicted molar refractivity (Wildman–Crippen MR) is 79.5 cm³/mol. The average molecular weight is 313 g/mol. The van der Waals surface area contributed by atoms with E-state index < -0.39 is 17.3 Å². The van der Waals surface area contributed by atoms with Crippen molar-refractivity contribution in [3.63, 3.8) is 0 Å². The highest BCUT2D eigenvalue weighted by atomic mass is 35.5. The zero-order valence-electron chi connectivity index (χ0n) is 12.0. The fraction of sp³-hybridized carbons (Fsp3) is 0.357. The minimum atomic E-state index is -1.10. The van der Waals surface area contributed by atoms with E-state index in [2.05, 4.69) is 10.6 Å². The number of nitrogens with one attached hydrogen (secondary N) is 2. The van der Waals surface area contributed by atoms with E-state index in [1.165, 1.54) is 18.2 Å². The molecule has 0 aromatic heterocycles. The SMILES string of the molecule is CC(C)(C)C(=O)NCC(=O)Nc1ccc(C(=O)O)cc1Cl. The van der Waals surface area contributed by atoms with Gasteiger partial charge in [0.25, 0.3) is 0 Å². The van der Waals surface area contributed by atoms with Crippen LogP contribution in [0.5, 0.6) is 0 Å². The van der Waals surface area contributed by atoms with Gasteiger partial charge >= 0.3 is 5.97 Å². The fourth-order valence-corrected chi connectivity index (χ4v) is 1.60. The maximum absolute atomic E-state index is 11.7. The van der Waals surface area contributed by atoms with Gasteiger partial charge in [-0.15, -0.1) is 0 Å². The van der Waals surface area contributed by atoms with Crippen molar-refractivity contribution in [2.24, 2.45) is 5.41 Å². The number of carbonyl (C=O) groups is 3. The molecule has 1 aromatic carbocycles. The van der Waals surface area contributed by atoms with E-state index in [4.69, 9.17) is 16.7 Å². The van der Waals surface area contributed by atoms with E-state index in [1.54, 1.807) is 20.8 Å². The average Bonchev–Trinajstić information content (AvgIpc) is 2.36. The molecular weight excluding hydrogens is 296 g/mol. The lowest BCUT2D eigenvalue weighted by atomic mass is 9.96. The Morgan fingerprint density at radius 2 is 1.86 bits per heavy atom. The van der Waals surface area contributed by atoms with Gasteiger partial charge in [-0.05, 0) is 18.2 Å². The summed E-state index contributed by atoms with van der Waals surface area (Å²) >= 11 is 5.89. The van der Waals surface area contributed by atoms with Gasteiger partial charge in [0.15, 0.2) is 0 Å². The normalized spacial score (nSPS) is 10.9. The van der Waals surface area contributed by atoms with Crippen molar-refractivity contribution < 1.29 is 19.5 Å². The van der Waals surface area contributed by atoms with Crippen LogP contribution in [-0.2, 0) is 9.59 Å². The van der Waals surface area contributed by atoms with Crippen LogP contribution in [0.15, 0.2) is 18.2 Å². The van der Waals surface area contributed by atoms with Crippen molar-refractivity contribution in [3.05, 3.63) is 28.8 Å². The van der Waals surface area contributed by atoms with Gasteiger partial charge < -0.3 is 15.7 Å². The van der Waals surface area contributed by atoms with Crippen LogP contribution in [0.1, 0.15) is 31.1 Å². The summed E-state index contributed by atoms with van der Waals surface area (Å²) in [6, 6.07) is 3.97. The van der Waals surface area contributed by atoms with E-state index in [1.807, 2.05) is 0 Å². The van der Waals surface area contributed by atoms with Crippen LogP contribution >= 0.6 is 11.6 Å². The zero-order chi connectivity index (χ0) is 16.2. The highest BCUT2D eigenvalue weighted by Crippen LogP contribution is 2.23. The second-order valence-corrected chi connectivity index (χ2v) is 5.89. The quantitative estimate of drug-likeness (QED) is 0.793. The van der Waals surface area contributed by atoms with Crippen molar-refractivity contribution >= 4 is 35.1 Å². The van der Waals surface area contributed by atoms with Gasteiger partial charge in [-0.2, -0.15) is 0 Å². The third kappa shape index (κ3) is 5.07. The first-order chi connectivity index (χ1) is 9.61. The van der Waals surface area contributed by atoms with Gasteiger partial charge in [-0.1, -0.05) is 32.4 Å². The monoisotopic (exact) mass is 312 g/mol. The number of benzene rings is 1. The van der Waals surface area contributed by atoms with Gasteiger partial charge in [0.1, 0.15) is 0 Å². The standard InChI is InChI=1S/C14H17ClN2O4/c1-14(2,3)13(21)16-7-11(18)17-10-5-4-8(12(19)20)6-9(10)15/h4-6H,7H2,1-3H3,(H,16,21)(H,17,18)(H,19,20). The highest BCUT2D eigenvalue weighted by Gasteiger charge is 2.21. The minimum absolute atomic E-state index is 0.0269. The van der Waals surface area contributed by atoms with Crippen LogP contribution in [-0.4, -0.2) is 29.4 Å². The number of hydrogen-bond acceptors (Lipinski definition) is 3.